The number of hydrogen-bond acceptors (Lipinski definition) is 1. The molecule has 3 heteroatoms. The molecule has 2 nitrogen and oxygen atoms in total. The minimum Gasteiger partial charge on any atom is -0.345 e. The third-order valence-corrected chi connectivity index (χ3v) is 4.30. The fourth-order valence-corrected chi connectivity index (χ4v) is 3.30. The maximum atomic E-state index is 11.8. The molecular weight excluding hydrogens is 234 g/mol. The molecule has 1 aromatic rings. The van der Waals surface area contributed by atoms with Crippen molar-refractivity contribution in [3.63, 3.8) is 0 Å². The molecular formula is C14H20ClNO. The Morgan fingerprint density at radius 1 is 1.47 bits per heavy atom. The molecule has 94 valence electrons. The summed E-state index contributed by atoms with van der Waals surface area (Å²) in [6.45, 7) is 6.43. The summed E-state index contributed by atoms with van der Waals surface area (Å²) in [4.78, 5) is 11.8. The van der Waals surface area contributed by atoms with Gasteiger partial charge in [0.05, 0.1) is 5.88 Å². The van der Waals surface area contributed by atoms with Gasteiger partial charge in [-0.2, -0.15) is 0 Å². The first-order valence-corrected chi connectivity index (χ1v) is 6.87. The van der Waals surface area contributed by atoms with E-state index in [1.165, 1.54) is 25.0 Å². The molecule has 1 aliphatic rings. The van der Waals surface area contributed by atoms with Gasteiger partial charge in [0.2, 0.25) is 0 Å². The monoisotopic (exact) mass is 253 g/mol. The fraction of sp³-hybridized carbons (Fsp3) is 0.643. The summed E-state index contributed by atoms with van der Waals surface area (Å²) >= 11 is 5.65. The minimum atomic E-state index is 0.0386. The first-order chi connectivity index (χ1) is 8.06. The van der Waals surface area contributed by atoms with Gasteiger partial charge in [-0.25, -0.2) is 0 Å². The van der Waals surface area contributed by atoms with Crippen molar-refractivity contribution < 1.29 is 4.79 Å². The summed E-state index contributed by atoms with van der Waals surface area (Å²) in [6, 6.07) is 2.55. The fourth-order valence-electron chi connectivity index (χ4n) is 3.15. The van der Waals surface area contributed by atoms with E-state index in [9.17, 15) is 4.79 Å². The molecule has 1 fully saturated rings. The molecule has 0 bridgehead atoms. The van der Waals surface area contributed by atoms with Gasteiger partial charge in [-0.05, 0) is 38.7 Å². The lowest BCUT2D eigenvalue weighted by Gasteiger charge is -2.22. The smallest absolute Gasteiger partial charge is 0.179 e. The highest BCUT2D eigenvalue weighted by Crippen LogP contribution is 2.38. The lowest BCUT2D eigenvalue weighted by Crippen LogP contribution is -2.15. The molecule has 2 unspecified atom stereocenters. The molecule has 1 aromatic heterocycles. The van der Waals surface area contributed by atoms with Crippen molar-refractivity contribution in [1.82, 2.24) is 4.57 Å². The number of ketones is 1. The summed E-state index contributed by atoms with van der Waals surface area (Å²) in [5.74, 6) is 0.820. The normalized spacial score (nSPS) is 24.2. The van der Waals surface area contributed by atoms with Crippen molar-refractivity contribution in [3.8, 4) is 0 Å². The summed E-state index contributed by atoms with van der Waals surface area (Å²) < 4.78 is 2.34. The number of rotatable bonds is 3. The molecule has 0 aliphatic heterocycles. The van der Waals surface area contributed by atoms with Gasteiger partial charge in [0.15, 0.2) is 5.78 Å². The second-order valence-electron chi connectivity index (χ2n) is 5.19. The minimum absolute atomic E-state index is 0.0386. The Balaban J connectivity index is 2.41. The molecule has 0 N–H and O–H groups in total. The predicted molar refractivity (Wildman–Crippen MR) is 71.0 cm³/mol. The van der Waals surface area contributed by atoms with E-state index in [1.54, 1.807) is 0 Å². The van der Waals surface area contributed by atoms with Crippen LogP contribution < -0.4 is 0 Å². The summed E-state index contributed by atoms with van der Waals surface area (Å²) in [5, 5.41) is 0. The summed E-state index contributed by atoms with van der Waals surface area (Å²) in [6.07, 6.45) is 3.81. The van der Waals surface area contributed by atoms with Gasteiger partial charge in [-0.3, -0.25) is 4.79 Å². The Kier molecular flexibility index (Phi) is 3.62. The Hall–Kier alpha value is -0.760. The van der Waals surface area contributed by atoms with Gasteiger partial charge in [0.25, 0.3) is 0 Å². The number of alkyl halides is 1. The molecule has 0 radical (unpaired) electrons. The molecule has 2 rings (SSSR count). The van der Waals surface area contributed by atoms with Crippen LogP contribution in [0.25, 0.3) is 0 Å². The Bertz CT molecular complexity index is 436. The van der Waals surface area contributed by atoms with Crippen molar-refractivity contribution in [2.45, 2.75) is 46.1 Å². The molecule has 0 amide bonds. The molecule has 0 spiro atoms. The third-order valence-electron chi connectivity index (χ3n) is 4.05. The average Bonchev–Trinajstić information content (AvgIpc) is 2.82. The molecule has 17 heavy (non-hydrogen) atoms. The quantitative estimate of drug-likeness (QED) is 0.592. The topological polar surface area (TPSA) is 22.0 Å². The van der Waals surface area contributed by atoms with Crippen LogP contribution in [0.3, 0.4) is 0 Å². The van der Waals surface area contributed by atoms with E-state index in [4.69, 9.17) is 11.6 Å². The van der Waals surface area contributed by atoms with Gasteiger partial charge in [0, 0.05) is 23.0 Å². The molecule has 0 saturated heterocycles. The van der Waals surface area contributed by atoms with Crippen LogP contribution in [0.5, 0.6) is 0 Å². The Labute approximate surface area is 108 Å². The van der Waals surface area contributed by atoms with E-state index in [0.29, 0.717) is 12.0 Å². The highest BCUT2D eigenvalue weighted by Gasteiger charge is 2.28. The van der Waals surface area contributed by atoms with Crippen molar-refractivity contribution in [2.75, 3.05) is 5.88 Å². The summed E-state index contributed by atoms with van der Waals surface area (Å²) in [7, 11) is 0. The zero-order valence-electron chi connectivity index (χ0n) is 10.8. The lowest BCUT2D eigenvalue weighted by molar-refractivity contribution is 0.102. The van der Waals surface area contributed by atoms with Crippen molar-refractivity contribution in [2.24, 2.45) is 5.92 Å². The largest absolute Gasteiger partial charge is 0.345 e. The SMILES string of the molecule is Cc1cc(C(=O)CCl)c(C)n1C1CCCC1C. The van der Waals surface area contributed by atoms with Crippen molar-refractivity contribution >= 4 is 17.4 Å². The van der Waals surface area contributed by atoms with Crippen molar-refractivity contribution in [3.05, 3.63) is 23.0 Å². The second-order valence-corrected chi connectivity index (χ2v) is 5.45. The van der Waals surface area contributed by atoms with E-state index >= 15 is 0 Å². The predicted octanol–water partition coefficient (Wildman–Crippen LogP) is 3.89. The Morgan fingerprint density at radius 3 is 2.71 bits per heavy atom. The van der Waals surface area contributed by atoms with Gasteiger partial charge in [0.1, 0.15) is 0 Å². The second kappa shape index (κ2) is 4.85. The number of aromatic nitrogens is 1. The van der Waals surface area contributed by atoms with Crippen LogP contribution in [0.2, 0.25) is 0 Å². The number of carbonyl (C=O) groups excluding carboxylic acids is 1. The van der Waals surface area contributed by atoms with E-state index < -0.39 is 0 Å². The maximum absolute atomic E-state index is 11.8. The van der Waals surface area contributed by atoms with Crippen LogP contribution in [0, 0.1) is 19.8 Å². The zero-order chi connectivity index (χ0) is 12.6. The van der Waals surface area contributed by atoms with Crippen LogP contribution in [-0.2, 0) is 0 Å². The van der Waals surface area contributed by atoms with Gasteiger partial charge < -0.3 is 4.57 Å². The molecule has 1 aliphatic carbocycles. The first kappa shape index (κ1) is 12.7. The number of hydrogen-bond donors (Lipinski definition) is 0. The van der Waals surface area contributed by atoms with Crippen molar-refractivity contribution in [1.29, 1.82) is 0 Å². The lowest BCUT2D eigenvalue weighted by atomic mass is 10.1. The summed E-state index contributed by atoms with van der Waals surface area (Å²) in [5.41, 5.74) is 3.08. The Morgan fingerprint density at radius 2 is 2.18 bits per heavy atom. The first-order valence-electron chi connectivity index (χ1n) is 6.33. The average molecular weight is 254 g/mol. The van der Waals surface area contributed by atoms with E-state index in [2.05, 4.69) is 18.4 Å². The van der Waals surface area contributed by atoms with Crippen LogP contribution in [0.1, 0.15) is 54.0 Å². The van der Waals surface area contributed by atoms with E-state index in [0.717, 1.165) is 11.3 Å². The highest BCUT2D eigenvalue weighted by molar-refractivity contribution is 6.30. The van der Waals surface area contributed by atoms with Crippen LogP contribution in [-0.4, -0.2) is 16.2 Å². The van der Waals surface area contributed by atoms with Gasteiger partial charge >= 0.3 is 0 Å². The third kappa shape index (κ3) is 2.15. The molecule has 1 heterocycles. The maximum Gasteiger partial charge on any atom is 0.179 e. The standard InChI is InChI=1S/C14H20ClNO/c1-9-5-4-6-13(9)16-10(2)7-12(11(16)3)14(17)8-15/h7,9,13H,4-6,8H2,1-3H3. The number of Topliss-reactive ketones (excluding diaryl/α,β-unsaturated/α-hetero) is 1. The van der Waals surface area contributed by atoms with Crippen LogP contribution >= 0.6 is 11.6 Å². The number of nitrogens with zero attached hydrogens (tertiary/aromatic N) is 1. The number of carbonyl (C=O) groups is 1. The van der Waals surface area contributed by atoms with Crippen LogP contribution in [0.4, 0.5) is 0 Å². The highest BCUT2D eigenvalue weighted by atomic mass is 35.5. The van der Waals surface area contributed by atoms with Crippen LogP contribution in [0.15, 0.2) is 6.07 Å². The number of aryl methyl sites for hydroxylation is 1. The van der Waals surface area contributed by atoms with E-state index in [1.807, 2.05) is 13.0 Å². The molecule has 2 atom stereocenters. The number of halogens is 1. The molecule has 0 aromatic carbocycles. The van der Waals surface area contributed by atoms with Gasteiger partial charge in [-0.15, -0.1) is 11.6 Å². The molecule has 1 saturated carbocycles. The van der Waals surface area contributed by atoms with E-state index in [-0.39, 0.29) is 11.7 Å². The zero-order valence-corrected chi connectivity index (χ0v) is 11.5. The van der Waals surface area contributed by atoms with Gasteiger partial charge in [-0.1, -0.05) is 13.3 Å².